The fourth-order valence-corrected chi connectivity index (χ4v) is 1.31. The van der Waals surface area contributed by atoms with Crippen LogP contribution in [0.2, 0.25) is 0 Å². The van der Waals surface area contributed by atoms with Gasteiger partial charge in [0.25, 0.3) is 0 Å². The minimum atomic E-state index is -0.447. The van der Waals surface area contributed by atoms with Gasteiger partial charge in [0.1, 0.15) is 6.61 Å². The number of esters is 1. The zero-order chi connectivity index (χ0) is 13.5. The molecule has 0 radical (unpaired) electrons. The summed E-state index contributed by atoms with van der Waals surface area (Å²) in [6.45, 7) is 2.59. The maximum Gasteiger partial charge on any atom is 0.310 e. The lowest BCUT2D eigenvalue weighted by atomic mass is 10.1. The van der Waals surface area contributed by atoms with Crippen molar-refractivity contribution in [1.29, 1.82) is 0 Å². The Bertz CT molecular complexity index is 451. The highest BCUT2D eigenvalue weighted by Crippen LogP contribution is 2.10. The van der Waals surface area contributed by atoms with Crippen LogP contribution in [-0.4, -0.2) is 24.3 Å². The molecule has 1 aromatic carbocycles. The lowest BCUT2D eigenvalue weighted by Crippen LogP contribution is -2.13. The highest BCUT2D eigenvalue weighted by atomic mass is 16.5. The maximum atomic E-state index is 11.3. The van der Waals surface area contributed by atoms with Crippen LogP contribution in [0.15, 0.2) is 24.3 Å². The molecule has 1 aromatic rings. The standard InChI is InChI=1S/C13H15NO4/c1-9(15)8-18-13(17)7-11-3-5-12(6-4-11)14-10(2)16/h3-6H,7-8H2,1-2H3,(H,14,16). The van der Waals surface area contributed by atoms with Gasteiger partial charge in [-0.25, -0.2) is 0 Å². The van der Waals surface area contributed by atoms with Crippen molar-refractivity contribution in [1.82, 2.24) is 0 Å². The number of ketones is 1. The van der Waals surface area contributed by atoms with Gasteiger partial charge in [0.05, 0.1) is 6.42 Å². The predicted octanol–water partition coefficient (Wildman–Crippen LogP) is 1.32. The van der Waals surface area contributed by atoms with Crippen LogP contribution < -0.4 is 5.32 Å². The Morgan fingerprint density at radius 2 is 1.72 bits per heavy atom. The van der Waals surface area contributed by atoms with Gasteiger partial charge in [-0.15, -0.1) is 0 Å². The third kappa shape index (κ3) is 5.25. The molecule has 0 aliphatic heterocycles. The number of ether oxygens (including phenoxy) is 1. The van der Waals surface area contributed by atoms with Crippen molar-refractivity contribution in [3.05, 3.63) is 29.8 Å². The van der Waals surface area contributed by atoms with Crippen LogP contribution >= 0.6 is 0 Å². The first-order chi connectivity index (χ1) is 8.47. The van der Waals surface area contributed by atoms with Crippen molar-refractivity contribution in [2.24, 2.45) is 0 Å². The molecule has 0 saturated heterocycles. The van der Waals surface area contributed by atoms with Gasteiger partial charge in [0.2, 0.25) is 5.91 Å². The average Bonchev–Trinajstić information content (AvgIpc) is 2.28. The minimum Gasteiger partial charge on any atom is -0.457 e. The fourth-order valence-electron chi connectivity index (χ4n) is 1.31. The van der Waals surface area contributed by atoms with Crippen molar-refractivity contribution in [2.45, 2.75) is 20.3 Å². The number of rotatable bonds is 5. The number of carbonyl (C=O) groups is 3. The van der Waals surface area contributed by atoms with E-state index in [1.54, 1.807) is 24.3 Å². The Hall–Kier alpha value is -2.17. The number of nitrogens with one attached hydrogen (secondary N) is 1. The summed E-state index contributed by atoms with van der Waals surface area (Å²) in [5.74, 6) is -0.787. The lowest BCUT2D eigenvalue weighted by Gasteiger charge is -2.05. The van der Waals surface area contributed by atoms with E-state index in [1.165, 1.54) is 13.8 Å². The summed E-state index contributed by atoms with van der Waals surface area (Å²) in [5, 5.41) is 2.63. The number of carbonyl (C=O) groups excluding carboxylic acids is 3. The Morgan fingerprint density at radius 3 is 2.22 bits per heavy atom. The van der Waals surface area contributed by atoms with E-state index >= 15 is 0 Å². The highest BCUT2D eigenvalue weighted by molar-refractivity contribution is 5.88. The van der Waals surface area contributed by atoms with Crippen molar-refractivity contribution >= 4 is 23.3 Å². The topological polar surface area (TPSA) is 72.5 Å². The van der Waals surface area contributed by atoms with Crippen molar-refractivity contribution in [2.75, 3.05) is 11.9 Å². The quantitative estimate of drug-likeness (QED) is 0.799. The number of hydrogen-bond acceptors (Lipinski definition) is 4. The number of Topliss-reactive ketones (excluding diaryl/α,β-unsaturated/α-hetero) is 1. The zero-order valence-electron chi connectivity index (χ0n) is 10.4. The molecular weight excluding hydrogens is 234 g/mol. The molecule has 18 heavy (non-hydrogen) atoms. The summed E-state index contributed by atoms with van der Waals surface area (Å²) >= 11 is 0. The molecule has 5 heteroatoms. The van der Waals surface area contributed by atoms with Crippen LogP contribution in [-0.2, 0) is 25.5 Å². The van der Waals surface area contributed by atoms with Gasteiger partial charge in [-0.2, -0.15) is 0 Å². The Morgan fingerprint density at radius 1 is 1.11 bits per heavy atom. The van der Waals surface area contributed by atoms with E-state index in [0.717, 1.165) is 5.56 Å². The van der Waals surface area contributed by atoms with Gasteiger partial charge in [-0.3, -0.25) is 14.4 Å². The van der Waals surface area contributed by atoms with Crippen molar-refractivity contribution in [3.8, 4) is 0 Å². The SMILES string of the molecule is CC(=O)COC(=O)Cc1ccc(NC(C)=O)cc1. The van der Waals surface area contributed by atoms with E-state index in [9.17, 15) is 14.4 Å². The Kier molecular flexibility index (Phi) is 5.05. The molecule has 1 amide bonds. The second-order valence-electron chi connectivity index (χ2n) is 3.92. The molecular formula is C13H15NO4. The molecule has 0 saturated carbocycles. The normalized spacial score (nSPS) is 9.67. The summed E-state index contributed by atoms with van der Waals surface area (Å²) < 4.78 is 4.74. The van der Waals surface area contributed by atoms with Crippen LogP contribution in [0.3, 0.4) is 0 Å². The summed E-state index contributed by atoms with van der Waals surface area (Å²) in [5.41, 5.74) is 1.43. The first kappa shape index (κ1) is 13.9. The van der Waals surface area contributed by atoms with Crippen LogP contribution in [0.4, 0.5) is 5.69 Å². The molecule has 0 spiro atoms. The second kappa shape index (κ2) is 6.54. The van der Waals surface area contributed by atoms with Crippen molar-refractivity contribution < 1.29 is 19.1 Å². The molecule has 0 aliphatic rings. The number of amides is 1. The second-order valence-corrected chi connectivity index (χ2v) is 3.92. The molecule has 0 unspecified atom stereocenters. The van der Waals surface area contributed by atoms with Gasteiger partial charge in [-0.1, -0.05) is 12.1 Å². The summed E-state index contributed by atoms with van der Waals surface area (Å²) in [4.78, 5) is 32.8. The van der Waals surface area contributed by atoms with Crippen LogP contribution in [0.25, 0.3) is 0 Å². The molecule has 5 nitrogen and oxygen atoms in total. The van der Waals surface area contributed by atoms with Crippen LogP contribution in [0, 0.1) is 0 Å². The third-order valence-corrected chi connectivity index (χ3v) is 2.06. The van der Waals surface area contributed by atoms with Gasteiger partial charge in [0.15, 0.2) is 5.78 Å². The highest BCUT2D eigenvalue weighted by Gasteiger charge is 2.06. The van der Waals surface area contributed by atoms with Crippen LogP contribution in [0.1, 0.15) is 19.4 Å². The summed E-state index contributed by atoms with van der Waals surface area (Å²) in [6.07, 6.45) is 0.105. The van der Waals surface area contributed by atoms with Gasteiger partial charge in [0, 0.05) is 12.6 Å². The van der Waals surface area contributed by atoms with E-state index in [4.69, 9.17) is 4.74 Å². The molecule has 0 bridgehead atoms. The van der Waals surface area contributed by atoms with Crippen LogP contribution in [0.5, 0.6) is 0 Å². The molecule has 0 atom stereocenters. The molecule has 0 heterocycles. The molecule has 1 rings (SSSR count). The lowest BCUT2D eigenvalue weighted by molar-refractivity contribution is -0.146. The molecule has 1 N–H and O–H groups in total. The van der Waals surface area contributed by atoms with E-state index in [2.05, 4.69) is 5.32 Å². The Labute approximate surface area is 105 Å². The third-order valence-electron chi connectivity index (χ3n) is 2.06. The van der Waals surface area contributed by atoms with E-state index in [0.29, 0.717) is 5.69 Å². The molecule has 96 valence electrons. The maximum absolute atomic E-state index is 11.3. The Balaban J connectivity index is 2.50. The van der Waals surface area contributed by atoms with E-state index < -0.39 is 5.97 Å². The van der Waals surface area contributed by atoms with Gasteiger partial charge >= 0.3 is 5.97 Å². The fraction of sp³-hybridized carbons (Fsp3) is 0.308. The molecule has 0 fully saturated rings. The predicted molar refractivity (Wildman–Crippen MR) is 66.1 cm³/mol. The monoisotopic (exact) mass is 249 g/mol. The first-order valence-electron chi connectivity index (χ1n) is 5.49. The number of anilines is 1. The zero-order valence-corrected chi connectivity index (χ0v) is 10.4. The van der Waals surface area contributed by atoms with Gasteiger partial charge < -0.3 is 10.1 Å². The molecule has 0 aromatic heterocycles. The summed E-state index contributed by atoms with van der Waals surface area (Å²) in [7, 11) is 0. The minimum absolute atomic E-state index is 0.105. The van der Waals surface area contributed by atoms with E-state index in [-0.39, 0.29) is 24.7 Å². The number of hydrogen-bond donors (Lipinski definition) is 1. The largest absolute Gasteiger partial charge is 0.457 e. The smallest absolute Gasteiger partial charge is 0.310 e. The average molecular weight is 249 g/mol. The number of benzene rings is 1. The van der Waals surface area contributed by atoms with Gasteiger partial charge in [-0.05, 0) is 24.6 Å². The van der Waals surface area contributed by atoms with E-state index in [1.807, 2.05) is 0 Å². The summed E-state index contributed by atoms with van der Waals surface area (Å²) in [6, 6.07) is 6.85. The molecule has 0 aliphatic carbocycles. The van der Waals surface area contributed by atoms with Crippen molar-refractivity contribution in [3.63, 3.8) is 0 Å². The first-order valence-corrected chi connectivity index (χ1v) is 5.49.